The van der Waals surface area contributed by atoms with Crippen molar-refractivity contribution >= 4 is 5.84 Å². The third-order valence-electron chi connectivity index (χ3n) is 3.76. The van der Waals surface area contributed by atoms with E-state index in [1.165, 1.54) is 24.8 Å². The van der Waals surface area contributed by atoms with Crippen molar-refractivity contribution < 1.29 is 5.21 Å². The van der Waals surface area contributed by atoms with Crippen molar-refractivity contribution in [3.8, 4) is 0 Å². The fourth-order valence-electron chi connectivity index (χ4n) is 2.60. The molecule has 0 bridgehead atoms. The molecule has 18 heavy (non-hydrogen) atoms. The monoisotopic (exact) mass is 247 g/mol. The first kappa shape index (κ1) is 12.9. The molecule has 4 heteroatoms. The van der Waals surface area contributed by atoms with Crippen molar-refractivity contribution in [2.75, 3.05) is 0 Å². The fraction of sp³-hybridized carbons (Fsp3) is 0.500. The maximum absolute atomic E-state index is 8.66. The van der Waals surface area contributed by atoms with Crippen molar-refractivity contribution in [3.63, 3.8) is 0 Å². The highest BCUT2D eigenvalue weighted by Crippen LogP contribution is 2.25. The molecule has 2 atom stereocenters. The Balaban J connectivity index is 1.97. The third kappa shape index (κ3) is 3.01. The molecular formula is C14H21N3O. The summed E-state index contributed by atoms with van der Waals surface area (Å²) >= 11 is 0. The van der Waals surface area contributed by atoms with Crippen LogP contribution in [0.4, 0.5) is 0 Å². The van der Waals surface area contributed by atoms with Crippen LogP contribution in [0.5, 0.6) is 0 Å². The van der Waals surface area contributed by atoms with Crippen LogP contribution < -0.4 is 11.1 Å². The first-order valence-corrected chi connectivity index (χ1v) is 6.51. The van der Waals surface area contributed by atoms with Gasteiger partial charge in [-0.25, -0.2) is 0 Å². The second-order valence-electron chi connectivity index (χ2n) is 5.08. The van der Waals surface area contributed by atoms with Crippen LogP contribution in [0.2, 0.25) is 0 Å². The molecule has 2 unspecified atom stereocenters. The normalized spacial score (nSPS) is 24.4. The van der Waals surface area contributed by atoms with Crippen LogP contribution in [0.3, 0.4) is 0 Å². The SMILES string of the molecule is CC1CCCC1NCc1cccc(C(N)=NO)c1. The summed E-state index contributed by atoms with van der Waals surface area (Å²) in [4.78, 5) is 0. The number of rotatable bonds is 4. The van der Waals surface area contributed by atoms with Gasteiger partial charge in [0.2, 0.25) is 0 Å². The van der Waals surface area contributed by atoms with E-state index in [2.05, 4.69) is 23.5 Å². The largest absolute Gasteiger partial charge is 0.409 e. The average Bonchev–Trinajstić information content (AvgIpc) is 2.81. The Kier molecular flexibility index (Phi) is 4.20. The molecule has 1 aromatic carbocycles. The Labute approximate surface area is 108 Å². The zero-order valence-electron chi connectivity index (χ0n) is 10.8. The topological polar surface area (TPSA) is 70.6 Å². The lowest BCUT2D eigenvalue weighted by Gasteiger charge is -2.17. The summed E-state index contributed by atoms with van der Waals surface area (Å²) in [7, 11) is 0. The Morgan fingerprint density at radius 2 is 2.33 bits per heavy atom. The average molecular weight is 247 g/mol. The number of benzene rings is 1. The zero-order valence-corrected chi connectivity index (χ0v) is 10.8. The molecule has 2 rings (SSSR count). The first-order chi connectivity index (χ1) is 8.70. The van der Waals surface area contributed by atoms with Crippen molar-refractivity contribution in [1.29, 1.82) is 0 Å². The van der Waals surface area contributed by atoms with E-state index in [9.17, 15) is 0 Å². The van der Waals surface area contributed by atoms with E-state index in [1.54, 1.807) is 0 Å². The quantitative estimate of drug-likeness (QED) is 0.330. The molecule has 0 radical (unpaired) electrons. The maximum atomic E-state index is 8.66. The number of nitrogens with one attached hydrogen (secondary N) is 1. The van der Waals surface area contributed by atoms with Gasteiger partial charge in [-0.3, -0.25) is 0 Å². The minimum atomic E-state index is 0.158. The van der Waals surface area contributed by atoms with Crippen molar-refractivity contribution in [2.24, 2.45) is 16.8 Å². The molecular weight excluding hydrogens is 226 g/mol. The van der Waals surface area contributed by atoms with Crippen molar-refractivity contribution in [1.82, 2.24) is 5.32 Å². The summed E-state index contributed by atoms with van der Waals surface area (Å²) in [5, 5.41) is 15.3. The van der Waals surface area contributed by atoms with Crippen LogP contribution in [0, 0.1) is 5.92 Å². The van der Waals surface area contributed by atoms with Crippen LogP contribution in [0.1, 0.15) is 37.3 Å². The molecule has 4 nitrogen and oxygen atoms in total. The standard InChI is InChI=1S/C14H21N3O/c1-10-4-2-7-13(10)16-9-11-5-3-6-12(8-11)14(15)17-18/h3,5-6,8,10,13,16,18H,2,4,7,9H2,1H3,(H2,15,17). The van der Waals surface area contributed by atoms with Crippen molar-refractivity contribution in [3.05, 3.63) is 35.4 Å². The molecule has 1 fully saturated rings. The minimum absolute atomic E-state index is 0.158. The number of oxime groups is 1. The Morgan fingerprint density at radius 1 is 1.50 bits per heavy atom. The van der Waals surface area contributed by atoms with Crippen molar-refractivity contribution in [2.45, 2.75) is 38.8 Å². The number of amidine groups is 1. The second-order valence-corrected chi connectivity index (χ2v) is 5.08. The van der Waals surface area contributed by atoms with Gasteiger partial charge >= 0.3 is 0 Å². The molecule has 0 saturated heterocycles. The van der Waals surface area contributed by atoms with Gasteiger partial charge in [0.05, 0.1) is 0 Å². The highest BCUT2D eigenvalue weighted by Gasteiger charge is 2.22. The maximum Gasteiger partial charge on any atom is 0.170 e. The number of nitrogens with two attached hydrogens (primary N) is 1. The van der Waals surface area contributed by atoms with E-state index in [-0.39, 0.29) is 5.84 Å². The molecule has 0 amide bonds. The van der Waals surface area contributed by atoms with Gasteiger partial charge in [-0.05, 0) is 30.4 Å². The molecule has 0 heterocycles. The highest BCUT2D eigenvalue weighted by atomic mass is 16.4. The first-order valence-electron chi connectivity index (χ1n) is 6.51. The van der Waals surface area contributed by atoms with Crippen LogP contribution in [0.15, 0.2) is 29.4 Å². The van der Waals surface area contributed by atoms with Crippen LogP contribution in [-0.2, 0) is 6.54 Å². The summed E-state index contributed by atoms with van der Waals surface area (Å²) in [6, 6.07) is 8.42. The number of nitrogens with zero attached hydrogens (tertiary/aromatic N) is 1. The fourth-order valence-corrected chi connectivity index (χ4v) is 2.60. The molecule has 0 spiro atoms. The van der Waals surface area contributed by atoms with E-state index >= 15 is 0 Å². The summed E-state index contributed by atoms with van der Waals surface area (Å²) < 4.78 is 0. The zero-order chi connectivity index (χ0) is 13.0. The molecule has 98 valence electrons. The van der Waals surface area contributed by atoms with Gasteiger partial charge in [-0.15, -0.1) is 0 Å². The minimum Gasteiger partial charge on any atom is -0.409 e. The van der Waals surface area contributed by atoms with Gasteiger partial charge in [0.15, 0.2) is 5.84 Å². The summed E-state index contributed by atoms with van der Waals surface area (Å²) in [5.74, 6) is 0.920. The van der Waals surface area contributed by atoms with Gasteiger partial charge in [-0.1, -0.05) is 36.7 Å². The molecule has 0 aromatic heterocycles. The van der Waals surface area contributed by atoms with Gasteiger partial charge in [0, 0.05) is 18.2 Å². The summed E-state index contributed by atoms with van der Waals surface area (Å²) in [6.07, 6.45) is 3.91. The molecule has 4 N–H and O–H groups in total. The van der Waals surface area contributed by atoms with Gasteiger partial charge in [0.1, 0.15) is 0 Å². The predicted octanol–water partition coefficient (Wildman–Crippen LogP) is 2.06. The van der Waals surface area contributed by atoms with Gasteiger partial charge in [0.25, 0.3) is 0 Å². The Bertz CT molecular complexity index is 431. The van der Waals surface area contributed by atoms with E-state index in [0.717, 1.165) is 18.0 Å². The smallest absolute Gasteiger partial charge is 0.170 e. The number of hydrogen-bond acceptors (Lipinski definition) is 3. The van der Waals surface area contributed by atoms with Crippen LogP contribution in [-0.4, -0.2) is 17.1 Å². The third-order valence-corrected chi connectivity index (χ3v) is 3.76. The lowest BCUT2D eigenvalue weighted by molar-refractivity contribution is 0.318. The second kappa shape index (κ2) is 5.87. The van der Waals surface area contributed by atoms with E-state index in [4.69, 9.17) is 10.9 Å². The van der Waals surface area contributed by atoms with Gasteiger partial charge < -0.3 is 16.3 Å². The summed E-state index contributed by atoms with van der Waals surface area (Å²) in [6.45, 7) is 3.14. The van der Waals surface area contributed by atoms with E-state index < -0.39 is 0 Å². The highest BCUT2D eigenvalue weighted by molar-refractivity contribution is 5.97. The lowest BCUT2D eigenvalue weighted by atomic mass is 10.1. The number of hydrogen-bond donors (Lipinski definition) is 3. The van der Waals surface area contributed by atoms with E-state index in [0.29, 0.717) is 6.04 Å². The van der Waals surface area contributed by atoms with Gasteiger partial charge in [-0.2, -0.15) is 0 Å². The molecule has 1 aromatic rings. The lowest BCUT2D eigenvalue weighted by Crippen LogP contribution is -2.30. The molecule has 1 aliphatic rings. The summed E-state index contributed by atoms with van der Waals surface area (Å²) in [5.41, 5.74) is 7.51. The van der Waals surface area contributed by atoms with E-state index in [1.807, 2.05) is 18.2 Å². The Hall–Kier alpha value is -1.55. The van der Waals surface area contributed by atoms with Crippen LogP contribution in [0.25, 0.3) is 0 Å². The molecule has 1 saturated carbocycles. The molecule has 0 aliphatic heterocycles. The molecule has 1 aliphatic carbocycles. The van der Waals surface area contributed by atoms with Crippen LogP contribution >= 0.6 is 0 Å². The predicted molar refractivity (Wildman–Crippen MR) is 72.6 cm³/mol. The Morgan fingerprint density at radius 3 is 3.00 bits per heavy atom.